The van der Waals surface area contributed by atoms with Crippen LogP contribution in [-0.4, -0.2) is 43.9 Å². The number of esters is 1. The first-order chi connectivity index (χ1) is 16.0. The first kappa shape index (κ1) is 25.4. The van der Waals surface area contributed by atoms with Crippen molar-refractivity contribution in [2.75, 3.05) is 30.6 Å². The number of rotatable bonds is 7. The Hall–Kier alpha value is -3.25. The van der Waals surface area contributed by atoms with Crippen LogP contribution in [0.1, 0.15) is 15.2 Å². The number of hydrogen-bond acceptors (Lipinski definition) is 7. The van der Waals surface area contributed by atoms with E-state index in [0.29, 0.717) is 21.0 Å². The average Bonchev–Trinajstić information content (AvgIpc) is 3.14. The number of aryl methyl sites for hydroxylation is 1. The van der Waals surface area contributed by atoms with E-state index in [2.05, 4.69) is 10.1 Å². The van der Waals surface area contributed by atoms with Crippen molar-refractivity contribution < 1.29 is 37.0 Å². The summed E-state index contributed by atoms with van der Waals surface area (Å²) >= 11 is 2.08. The van der Waals surface area contributed by atoms with Crippen molar-refractivity contribution in [1.29, 1.82) is 0 Å². The summed E-state index contributed by atoms with van der Waals surface area (Å²) in [5, 5.41) is 4.80. The van der Waals surface area contributed by atoms with Gasteiger partial charge in [-0.3, -0.25) is 9.59 Å². The molecule has 1 aromatic heterocycles. The number of ether oxygens (including phenoxy) is 2. The highest BCUT2D eigenvalue weighted by atomic mass is 32.2. The molecule has 0 saturated carbocycles. The van der Waals surface area contributed by atoms with Crippen molar-refractivity contribution in [1.82, 2.24) is 0 Å². The topological polar surface area (TPSA) is 93.7 Å². The number of nitrogens with one attached hydrogen (secondary N) is 2. The van der Waals surface area contributed by atoms with Gasteiger partial charge in [-0.25, -0.2) is 4.79 Å². The lowest BCUT2D eigenvalue weighted by molar-refractivity contribution is -0.167. The number of fused-ring (bicyclic) bond motifs is 1. The highest BCUT2D eigenvalue weighted by Crippen LogP contribution is 2.39. The van der Waals surface area contributed by atoms with E-state index in [1.54, 1.807) is 29.6 Å². The first-order valence-corrected chi connectivity index (χ1v) is 11.4. The Balaban J connectivity index is 1.80. The quantitative estimate of drug-likeness (QED) is 0.332. The first-order valence-electron chi connectivity index (χ1n) is 9.63. The number of hydrogen-bond donors (Lipinski definition) is 2. The van der Waals surface area contributed by atoms with E-state index < -0.39 is 18.1 Å². The Labute approximate surface area is 200 Å². The molecule has 0 fully saturated rings. The average molecular weight is 513 g/mol. The van der Waals surface area contributed by atoms with E-state index in [9.17, 15) is 27.6 Å². The zero-order chi connectivity index (χ0) is 25.0. The molecule has 1 heterocycles. The molecule has 180 valence electrons. The van der Waals surface area contributed by atoms with Gasteiger partial charge in [0.25, 0.3) is 0 Å². The van der Waals surface area contributed by atoms with Crippen LogP contribution in [-0.2, 0) is 14.3 Å². The van der Waals surface area contributed by atoms with Crippen LogP contribution in [0.4, 0.5) is 24.5 Å². The van der Waals surface area contributed by atoms with Crippen LogP contribution in [0.5, 0.6) is 5.75 Å². The van der Waals surface area contributed by atoms with E-state index in [1.807, 2.05) is 13.0 Å². The second kappa shape index (κ2) is 10.3. The summed E-state index contributed by atoms with van der Waals surface area (Å²) in [5.74, 6) is -2.78. The number of amides is 2. The Morgan fingerprint density at radius 3 is 2.44 bits per heavy atom. The zero-order valence-electron chi connectivity index (χ0n) is 18.2. The molecule has 0 unspecified atom stereocenters. The summed E-state index contributed by atoms with van der Waals surface area (Å²) in [6.07, 6.45) is -5.12. The molecule has 0 atom stereocenters. The van der Waals surface area contributed by atoms with Gasteiger partial charge in [-0.05, 0) is 36.8 Å². The fraction of sp³-hybridized carbons (Fsp3) is 0.227. The molecule has 3 aromatic rings. The SMILES string of the molecule is COC(=O)c1sc2cc(SCC(=O)Nc3cc(C)ccc3OC)ccc2c1NC(=O)C(F)(F)F. The zero-order valence-corrected chi connectivity index (χ0v) is 19.8. The predicted molar refractivity (Wildman–Crippen MR) is 125 cm³/mol. The lowest BCUT2D eigenvalue weighted by Crippen LogP contribution is -2.30. The minimum atomic E-state index is -5.12. The molecule has 2 N–H and O–H groups in total. The van der Waals surface area contributed by atoms with Crippen molar-refractivity contribution in [2.24, 2.45) is 0 Å². The fourth-order valence-electron chi connectivity index (χ4n) is 2.97. The van der Waals surface area contributed by atoms with Gasteiger partial charge >= 0.3 is 18.1 Å². The molecule has 2 aromatic carbocycles. The number of carbonyl (C=O) groups excluding carboxylic acids is 3. The summed E-state index contributed by atoms with van der Waals surface area (Å²) in [7, 11) is 2.59. The molecule has 0 aliphatic carbocycles. The second-order valence-electron chi connectivity index (χ2n) is 6.95. The number of alkyl halides is 3. The molecule has 0 radical (unpaired) electrons. The molecule has 3 rings (SSSR count). The fourth-order valence-corrected chi connectivity index (χ4v) is 4.89. The van der Waals surface area contributed by atoms with Gasteiger partial charge in [0, 0.05) is 15.0 Å². The summed E-state index contributed by atoms with van der Waals surface area (Å²) in [5.41, 5.74) is 1.21. The number of methoxy groups -OCH3 is 2. The van der Waals surface area contributed by atoms with Crippen molar-refractivity contribution in [3.8, 4) is 5.75 Å². The van der Waals surface area contributed by atoms with Crippen LogP contribution < -0.4 is 15.4 Å². The number of anilines is 2. The molecule has 0 bridgehead atoms. The normalized spacial score (nSPS) is 11.2. The molecule has 7 nitrogen and oxygen atoms in total. The van der Waals surface area contributed by atoms with E-state index in [1.165, 1.54) is 24.9 Å². The Morgan fingerprint density at radius 1 is 1.06 bits per heavy atom. The minimum Gasteiger partial charge on any atom is -0.495 e. The highest BCUT2D eigenvalue weighted by molar-refractivity contribution is 8.00. The van der Waals surface area contributed by atoms with Gasteiger partial charge in [0.15, 0.2) is 0 Å². The summed E-state index contributed by atoms with van der Waals surface area (Å²) in [6.45, 7) is 1.88. The number of halogens is 3. The maximum atomic E-state index is 12.7. The Kier molecular flexibility index (Phi) is 7.72. The van der Waals surface area contributed by atoms with Crippen LogP contribution in [0.25, 0.3) is 10.1 Å². The highest BCUT2D eigenvalue weighted by Gasteiger charge is 2.40. The standard InChI is InChI=1S/C22H19F3N2O5S2/c1-11-4-7-15(31-2)14(8-11)26-17(28)10-33-12-5-6-13-16(9-12)34-19(20(29)32-3)18(13)27-21(30)22(23,24)25/h4-9H,10H2,1-3H3,(H,26,28)(H,27,30). The summed E-state index contributed by atoms with van der Waals surface area (Å²) in [6, 6.07) is 10.1. The molecule has 0 saturated heterocycles. The van der Waals surface area contributed by atoms with Crippen LogP contribution in [0.3, 0.4) is 0 Å². The maximum absolute atomic E-state index is 12.7. The molecule has 2 amide bonds. The second-order valence-corrected chi connectivity index (χ2v) is 9.05. The lowest BCUT2D eigenvalue weighted by atomic mass is 10.2. The van der Waals surface area contributed by atoms with Gasteiger partial charge in [-0.1, -0.05) is 12.1 Å². The number of thiophene rings is 1. The number of benzene rings is 2. The van der Waals surface area contributed by atoms with Crippen LogP contribution in [0, 0.1) is 6.92 Å². The third-order valence-electron chi connectivity index (χ3n) is 4.53. The van der Waals surface area contributed by atoms with Gasteiger partial charge in [-0.15, -0.1) is 23.1 Å². The molecule has 34 heavy (non-hydrogen) atoms. The van der Waals surface area contributed by atoms with Gasteiger partial charge < -0.3 is 20.1 Å². The molecule has 0 aliphatic rings. The lowest BCUT2D eigenvalue weighted by Gasteiger charge is -2.11. The Morgan fingerprint density at radius 2 is 1.79 bits per heavy atom. The van der Waals surface area contributed by atoms with Gasteiger partial charge in [0.2, 0.25) is 5.91 Å². The molecular weight excluding hydrogens is 493 g/mol. The monoisotopic (exact) mass is 512 g/mol. The van der Waals surface area contributed by atoms with Crippen molar-refractivity contribution >= 4 is 62.3 Å². The van der Waals surface area contributed by atoms with Gasteiger partial charge in [-0.2, -0.15) is 13.2 Å². The van der Waals surface area contributed by atoms with E-state index >= 15 is 0 Å². The van der Waals surface area contributed by atoms with Gasteiger partial charge in [0.1, 0.15) is 10.6 Å². The van der Waals surface area contributed by atoms with Crippen molar-refractivity contribution in [3.63, 3.8) is 0 Å². The minimum absolute atomic E-state index is 0.0511. The summed E-state index contributed by atoms with van der Waals surface area (Å²) < 4.78 is 48.6. The van der Waals surface area contributed by atoms with Crippen molar-refractivity contribution in [3.05, 3.63) is 46.8 Å². The van der Waals surface area contributed by atoms with Crippen LogP contribution in [0.15, 0.2) is 41.3 Å². The van der Waals surface area contributed by atoms with Gasteiger partial charge in [0.05, 0.1) is 31.3 Å². The molecule has 0 spiro atoms. The molecule has 12 heteroatoms. The molecular formula is C22H19F3N2O5S2. The predicted octanol–water partition coefficient (Wildman–Crippen LogP) is 5.24. The number of carbonyl (C=O) groups is 3. The third-order valence-corrected chi connectivity index (χ3v) is 6.65. The van der Waals surface area contributed by atoms with E-state index in [0.717, 1.165) is 24.0 Å². The smallest absolute Gasteiger partial charge is 0.471 e. The van der Waals surface area contributed by atoms with E-state index in [-0.39, 0.29) is 27.6 Å². The van der Waals surface area contributed by atoms with E-state index in [4.69, 9.17) is 4.74 Å². The number of thioether (sulfide) groups is 1. The van der Waals surface area contributed by atoms with Crippen LogP contribution >= 0.6 is 23.1 Å². The third kappa shape index (κ3) is 5.81. The molecule has 0 aliphatic heterocycles. The summed E-state index contributed by atoms with van der Waals surface area (Å²) in [4.78, 5) is 36.4. The van der Waals surface area contributed by atoms with Crippen molar-refractivity contribution in [2.45, 2.75) is 18.0 Å². The maximum Gasteiger partial charge on any atom is 0.471 e. The largest absolute Gasteiger partial charge is 0.495 e. The van der Waals surface area contributed by atoms with Crippen LogP contribution in [0.2, 0.25) is 0 Å². The Bertz CT molecular complexity index is 1260.